The Hall–Kier alpha value is -1.29. The van der Waals surface area contributed by atoms with E-state index in [0.717, 1.165) is 12.4 Å². The summed E-state index contributed by atoms with van der Waals surface area (Å²) < 4.78 is 5.45. The van der Waals surface area contributed by atoms with Gasteiger partial charge in [-0.15, -0.1) is 0 Å². The Morgan fingerprint density at radius 3 is 2.57 bits per heavy atom. The SMILES string of the molecule is CCNC1CC2CCCC(C1)N2c1ccc(OCC)nc1. The molecule has 0 aromatic carbocycles. The van der Waals surface area contributed by atoms with E-state index in [-0.39, 0.29) is 0 Å². The van der Waals surface area contributed by atoms with Gasteiger partial charge in [0.2, 0.25) is 5.88 Å². The van der Waals surface area contributed by atoms with Crippen molar-refractivity contribution in [1.29, 1.82) is 0 Å². The molecule has 0 spiro atoms. The van der Waals surface area contributed by atoms with Gasteiger partial charge in [-0.1, -0.05) is 6.92 Å². The van der Waals surface area contributed by atoms with Crippen LogP contribution >= 0.6 is 0 Å². The molecule has 1 N–H and O–H groups in total. The van der Waals surface area contributed by atoms with Crippen molar-refractivity contribution in [1.82, 2.24) is 10.3 Å². The smallest absolute Gasteiger partial charge is 0.213 e. The van der Waals surface area contributed by atoms with Gasteiger partial charge in [-0.2, -0.15) is 0 Å². The van der Waals surface area contributed by atoms with Crippen LogP contribution in [0.15, 0.2) is 18.3 Å². The summed E-state index contributed by atoms with van der Waals surface area (Å²) in [5.74, 6) is 0.731. The Balaban J connectivity index is 1.75. The molecular weight excluding hydrogens is 262 g/mol. The average molecular weight is 289 g/mol. The lowest BCUT2D eigenvalue weighted by molar-refractivity contribution is 0.247. The molecule has 21 heavy (non-hydrogen) atoms. The van der Waals surface area contributed by atoms with Gasteiger partial charge in [0.05, 0.1) is 18.5 Å². The van der Waals surface area contributed by atoms with Crippen molar-refractivity contribution in [2.75, 3.05) is 18.1 Å². The van der Waals surface area contributed by atoms with Crippen molar-refractivity contribution < 1.29 is 4.74 Å². The van der Waals surface area contributed by atoms with Crippen LogP contribution in [0.4, 0.5) is 5.69 Å². The molecule has 2 atom stereocenters. The van der Waals surface area contributed by atoms with Crippen molar-refractivity contribution in [3.8, 4) is 5.88 Å². The molecule has 1 aromatic heterocycles. The molecule has 3 heterocycles. The predicted octanol–water partition coefficient (Wildman–Crippen LogP) is 2.98. The summed E-state index contributed by atoms with van der Waals surface area (Å²) in [7, 11) is 0. The first-order valence-corrected chi connectivity index (χ1v) is 8.42. The average Bonchev–Trinajstić information content (AvgIpc) is 2.48. The number of piperidine rings is 2. The minimum atomic E-state index is 0.668. The second-order valence-electron chi connectivity index (χ2n) is 6.16. The molecule has 2 fully saturated rings. The van der Waals surface area contributed by atoms with Gasteiger partial charge in [-0.05, 0) is 51.6 Å². The maximum atomic E-state index is 5.45. The fraction of sp³-hybridized carbons (Fsp3) is 0.706. The third-order valence-electron chi connectivity index (χ3n) is 4.78. The number of hydrogen-bond acceptors (Lipinski definition) is 4. The Labute approximate surface area is 127 Å². The molecule has 4 heteroatoms. The Morgan fingerprint density at radius 1 is 1.24 bits per heavy atom. The summed E-state index contributed by atoms with van der Waals surface area (Å²) in [6, 6.07) is 6.21. The maximum Gasteiger partial charge on any atom is 0.213 e. The number of anilines is 1. The summed E-state index contributed by atoms with van der Waals surface area (Å²) in [6.45, 7) is 5.95. The largest absolute Gasteiger partial charge is 0.478 e. The van der Waals surface area contributed by atoms with Crippen LogP contribution in [-0.4, -0.2) is 36.3 Å². The second-order valence-corrected chi connectivity index (χ2v) is 6.16. The number of nitrogens with zero attached hydrogens (tertiary/aromatic N) is 2. The summed E-state index contributed by atoms with van der Waals surface area (Å²) in [5, 5.41) is 3.65. The molecule has 1 aromatic rings. The Morgan fingerprint density at radius 2 is 2.00 bits per heavy atom. The van der Waals surface area contributed by atoms with E-state index in [1.54, 1.807) is 0 Å². The first-order valence-electron chi connectivity index (χ1n) is 8.42. The Kier molecular flexibility index (Phi) is 4.63. The third-order valence-corrected chi connectivity index (χ3v) is 4.78. The zero-order chi connectivity index (χ0) is 14.7. The zero-order valence-electron chi connectivity index (χ0n) is 13.2. The number of ether oxygens (including phenoxy) is 1. The van der Waals surface area contributed by atoms with E-state index in [0.29, 0.717) is 24.7 Å². The number of rotatable bonds is 5. The van der Waals surface area contributed by atoms with Gasteiger partial charge in [0.1, 0.15) is 0 Å². The molecule has 2 bridgehead atoms. The molecule has 2 aliphatic heterocycles. The van der Waals surface area contributed by atoms with Gasteiger partial charge in [-0.25, -0.2) is 4.98 Å². The molecule has 116 valence electrons. The third kappa shape index (κ3) is 3.15. The monoisotopic (exact) mass is 289 g/mol. The fourth-order valence-electron chi connectivity index (χ4n) is 4.02. The van der Waals surface area contributed by atoms with Crippen molar-refractivity contribution >= 4 is 5.69 Å². The van der Waals surface area contributed by atoms with Crippen LogP contribution in [0.5, 0.6) is 5.88 Å². The highest BCUT2D eigenvalue weighted by Crippen LogP contribution is 2.37. The van der Waals surface area contributed by atoms with Crippen molar-refractivity contribution in [3.05, 3.63) is 18.3 Å². The van der Waals surface area contributed by atoms with Gasteiger partial charge >= 0.3 is 0 Å². The zero-order valence-corrected chi connectivity index (χ0v) is 13.2. The second kappa shape index (κ2) is 6.65. The van der Waals surface area contributed by atoms with Gasteiger partial charge in [-0.3, -0.25) is 0 Å². The molecule has 4 nitrogen and oxygen atoms in total. The molecule has 0 amide bonds. The van der Waals surface area contributed by atoms with Crippen LogP contribution in [0.1, 0.15) is 46.0 Å². The number of fused-ring (bicyclic) bond motifs is 2. The highest BCUT2D eigenvalue weighted by molar-refractivity contribution is 5.49. The van der Waals surface area contributed by atoms with E-state index >= 15 is 0 Å². The van der Waals surface area contributed by atoms with Crippen molar-refractivity contribution in [3.63, 3.8) is 0 Å². The van der Waals surface area contributed by atoms with E-state index in [1.807, 2.05) is 19.2 Å². The minimum Gasteiger partial charge on any atom is -0.478 e. The summed E-state index contributed by atoms with van der Waals surface area (Å²) >= 11 is 0. The molecule has 0 radical (unpaired) electrons. The molecule has 2 unspecified atom stereocenters. The summed E-state index contributed by atoms with van der Waals surface area (Å²) in [4.78, 5) is 7.07. The summed E-state index contributed by atoms with van der Waals surface area (Å²) in [5.41, 5.74) is 1.27. The van der Waals surface area contributed by atoms with E-state index in [1.165, 1.54) is 37.8 Å². The van der Waals surface area contributed by atoms with E-state index in [9.17, 15) is 0 Å². The molecule has 3 rings (SSSR count). The van der Waals surface area contributed by atoms with Gasteiger partial charge in [0.25, 0.3) is 0 Å². The van der Waals surface area contributed by atoms with Gasteiger partial charge in [0.15, 0.2) is 0 Å². The van der Waals surface area contributed by atoms with Crippen LogP contribution in [0.2, 0.25) is 0 Å². The molecule has 2 aliphatic rings. The highest BCUT2D eigenvalue weighted by atomic mass is 16.5. The highest BCUT2D eigenvalue weighted by Gasteiger charge is 2.38. The lowest BCUT2D eigenvalue weighted by Gasteiger charge is -2.50. The van der Waals surface area contributed by atoms with E-state index < -0.39 is 0 Å². The van der Waals surface area contributed by atoms with Crippen LogP contribution in [0.3, 0.4) is 0 Å². The fourth-order valence-corrected chi connectivity index (χ4v) is 4.02. The van der Waals surface area contributed by atoms with E-state index in [4.69, 9.17) is 4.74 Å². The maximum absolute atomic E-state index is 5.45. The first kappa shape index (κ1) is 14.6. The number of aromatic nitrogens is 1. The number of hydrogen-bond donors (Lipinski definition) is 1. The lowest BCUT2D eigenvalue weighted by atomic mass is 9.81. The number of pyridine rings is 1. The summed E-state index contributed by atoms with van der Waals surface area (Å²) in [6.07, 6.45) is 8.51. The van der Waals surface area contributed by atoms with Crippen molar-refractivity contribution in [2.24, 2.45) is 0 Å². The van der Waals surface area contributed by atoms with Crippen LogP contribution < -0.4 is 15.0 Å². The standard InChI is InChI=1S/C17H27N3O/c1-3-18-13-10-14-6-5-7-15(11-13)20(14)16-8-9-17(19-12-16)21-4-2/h8-9,12-15,18H,3-7,10-11H2,1-2H3. The number of nitrogens with one attached hydrogen (secondary N) is 1. The lowest BCUT2D eigenvalue weighted by Crippen LogP contribution is -2.56. The molecule has 0 saturated carbocycles. The van der Waals surface area contributed by atoms with E-state index in [2.05, 4.69) is 28.2 Å². The topological polar surface area (TPSA) is 37.4 Å². The normalized spacial score (nSPS) is 28.5. The molecular formula is C17H27N3O. The van der Waals surface area contributed by atoms with Gasteiger partial charge < -0.3 is 15.0 Å². The van der Waals surface area contributed by atoms with Crippen molar-refractivity contribution in [2.45, 2.75) is 64.1 Å². The molecule has 0 aliphatic carbocycles. The van der Waals surface area contributed by atoms with Gasteiger partial charge in [0, 0.05) is 24.2 Å². The van der Waals surface area contributed by atoms with Crippen LogP contribution in [0.25, 0.3) is 0 Å². The molecule has 2 saturated heterocycles. The predicted molar refractivity (Wildman–Crippen MR) is 86.0 cm³/mol. The first-order chi connectivity index (χ1) is 10.3. The van der Waals surface area contributed by atoms with Crippen LogP contribution in [0, 0.1) is 0 Å². The quantitative estimate of drug-likeness (QED) is 0.904. The van der Waals surface area contributed by atoms with Crippen LogP contribution in [-0.2, 0) is 0 Å². The minimum absolute atomic E-state index is 0.668. The Bertz CT molecular complexity index is 434.